The van der Waals surface area contributed by atoms with Gasteiger partial charge in [0.1, 0.15) is 0 Å². The Balaban J connectivity index is 2.58. The highest BCUT2D eigenvalue weighted by Gasteiger charge is 2.37. The summed E-state index contributed by atoms with van der Waals surface area (Å²) in [5, 5.41) is 3.11. The molecule has 3 heteroatoms. The molecule has 0 aromatic carbocycles. The van der Waals surface area contributed by atoms with Crippen molar-refractivity contribution >= 4 is 5.91 Å². The van der Waals surface area contributed by atoms with Gasteiger partial charge in [0, 0.05) is 19.4 Å². The van der Waals surface area contributed by atoms with Crippen LogP contribution in [0.5, 0.6) is 0 Å². The van der Waals surface area contributed by atoms with Crippen LogP contribution < -0.4 is 11.1 Å². The predicted molar refractivity (Wildman–Crippen MR) is 65.6 cm³/mol. The molecule has 0 aromatic heterocycles. The van der Waals surface area contributed by atoms with Crippen LogP contribution in [0.3, 0.4) is 0 Å². The lowest BCUT2D eigenvalue weighted by atomic mass is 9.73. The normalized spacial score (nSPS) is 29.4. The molecule has 2 atom stereocenters. The van der Waals surface area contributed by atoms with Crippen LogP contribution in [0.4, 0.5) is 0 Å². The van der Waals surface area contributed by atoms with Gasteiger partial charge in [0.2, 0.25) is 5.91 Å². The maximum atomic E-state index is 11.7. The molecule has 1 aliphatic rings. The van der Waals surface area contributed by atoms with Crippen molar-refractivity contribution in [3.05, 3.63) is 0 Å². The third-order valence-corrected chi connectivity index (χ3v) is 3.70. The van der Waals surface area contributed by atoms with Gasteiger partial charge in [-0.1, -0.05) is 19.8 Å². The zero-order valence-corrected chi connectivity index (χ0v) is 10.1. The Hall–Kier alpha value is -1.01. The van der Waals surface area contributed by atoms with Crippen LogP contribution in [0, 0.1) is 18.3 Å². The number of terminal acetylenes is 1. The van der Waals surface area contributed by atoms with Crippen molar-refractivity contribution in [2.24, 2.45) is 11.7 Å². The van der Waals surface area contributed by atoms with E-state index in [1.807, 2.05) is 0 Å². The van der Waals surface area contributed by atoms with Gasteiger partial charge in [-0.2, -0.15) is 0 Å². The molecule has 1 fully saturated rings. The molecular formula is C13H22N2O. The molecule has 1 saturated carbocycles. The molecular weight excluding hydrogens is 200 g/mol. The average Bonchev–Trinajstić information content (AvgIpc) is 2.29. The van der Waals surface area contributed by atoms with Gasteiger partial charge in [0.15, 0.2) is 0 Å². The Morgan fingerprint density at radius 2 is 2.38 bits per heavy atom. The van der Waals surface area contributed by atoms with Crippen LogP contribution in [-0.2, 0) is 4.79 Å². The Bertz CT molecular complexity index is 282. The zero-order valence-electron chi connectivity index (χ0n) is 10.1. The van der Waals surface area contributed by atoms with E-state index in [1.165, 1.54) is 6.42 Å². The van der Waals surface area contributed by atoms with Crippen molar-refractivity contribution in [2.75, 3.05) is 6.54 Å². The van der Waals surface area contributed by atoms with Crippen LogP contribution >= 0.6 is 0 Å². The van der Waals surface area contributed by atoms with Gasteiger partial charge in [-0.3, -0.25) is 4.79 Å². The number of rotatable bonds is 4. The summed E-state index contributed by atoms with van der Waals surface area (Å²) in [6.07, 6.45) is 10.6. The van der Waals surface area contributed by atoms with E-state index in [0.29, 0.717) is 25.3 Å². The Morgan fingerprint density at radius 3 is 2.94 bits per heavy atom. The van der Waals surface area contributed by atoms with Gasteiger partial charge in [-0.25, -0.2) is 0 Å². The summed E-state index contributed by atoms with van der Waals surface area (Å²) in [6.45, 7) is 2.70. The smallest absolute Gasteiger partial charge is 0.221 e. The molecule has 1 rings (SSSR count). The Labute approximate surface area is 98.2 Å². The van der Waals surface area contributed by atoms with Crippen LogP contribution in [0.2, 0.25) is 0 Å². The lowest BCUT2D eigenvalue weighted by Crippen LogP contribution is -2.59. The number of hydrogen-bond donors (Lipinski definition) is 2. The number of amides is 1. The first-order valence-corrected chi connectivity index (χ1v) is 6.09. The van der Waals surface area contributed by atoms with Crippen molar-refractivity contribution < 1.29 is 4.79 Å². The van der Waals surface area contributed by atoms with Crippen molar-refractivity contribution in [1.29, 1.82) is 0 Å². The fourth-order valence-corrected chi connectivity index (χ4v) is 2.48. The first kappa shape index (κ1) is 13.1. The molecule has 0 bridgehead atoms. The summed E-state index contributed by atoms with van der Waals surface area (Å²) in [5.74, 6) is 2.98. The van der Waals surface area contributed by atoms with Gasteiger partial charge in [0.25, 0.3) is 0 Å². The first-order chi connectivity index (χ1) is 7.64. The van der Waals surface area contributed by atoms with Crippen molar-refractivity contribution in [1.82, 2.24) is 5.32 Å². The highest BCUT2D eigenvalue weighted by molar-refractivity contribution is 5.77. The minimum Gasteiger partial charge on any atom is -0.349 e. The summed E-state index contributed by atoms with van der Waals surface area (Å²) in [4.78, 5) is 11.7. The molecule has 16 heavy (non-hydrogen) atoms. The summed E-state index contributed by atoms with van der Waals surface area (Å²) >= 11 is 0. The van der Waals surface area contributed by atoms with Crippen LogP contribution in [-0.4, -0.2) is 18.0 Å². The van der Waals surface area contributed by atoms with E-state index < -0.39 is 0 Å². The topological polar surface area (TPSA) is 55.1 Å². The van der Waals surface area contributed by atoms with Crippen molar-refractivity contribution in [3.63, 3.8) is 0 Å². The molecule has 0 saturated heterocycles. The van der Waals surface area contributed by atoms with E-state index in [0.717, 1.165) is 19.3 Å². The second-order valence-electron chi connectivity index (χ2n) is 4.76. The highest BCUT2D eigenvalue weighted by Crippen LogP contribution is 2.32. The van der Waals surface area contributed by atoms with Gasteiger partial charge >= 0.3 is 0 Å². The maximum absolute atomic E-state index is 11.7. The fraction of sp³-hybridized carbons (Fsp3) is 0.769. The molecule has 1 aliphatic carbocycles. The minimum atomic E-state index is -0.191. The Morgan fingerprint density at radius 1 is 1.62 bits per heavy atom. The lowest BCUT2D eigenvalue weighted by Gasteiger charge is -2.42. The molecule has 2 unspecified atom stereocenters. The summed E-state index contributed by atoms with van der Waals surface area (Å²) in [5.41, 5.74) is 5.66. The number of nitrogens with two attached hydrogens (primary N) is 1. The molecule has 0 aliphatic heterocycles. The van der Waals surface area contributed by atoms with E-state index in [4.69, 9.17) is 12.2 Å². The SMILES string of the molecule is C#CCCC(=O)NC1(CN)CCCCC1C. The highest BCUT2D eigenvalue weighted by atomic mass is 16.1. The Kier molecular flexibility index (Phi) is 4.82. The third kappa shape index (κ3) is 2.99. The van der Waals surface area contributed by atoms with E-state index in [1.54, 1.807) is 0 Å². The fourth-order valence-electron chi connectivity index (χ4n) is 2.48. The van der Waals surface area contributed by atoms with Gasteiger partial charge in [-0.15, -0.1) is 12.3 Å². The number of carbonyl (C=O) groups is 1. The van der Waals surface area contributed by atoms with E-state index >= 15 is 0 Å². The molecule has 0 radical (unpaired) electrons. The molecule has 0 aromatic rings. The van der Waals surface area contributed by atoms with Crippen molar-refractivity contribution in [2.45, 2.75) is 51.0 Å². The lowest BCUT2D eigenvalue weighted by molar-refractivity contribution is -0.124. The zero-order chi connectivity index (χ0) is 12.0. The number of carbonyl (C=O) groups excluding carboxylic acids is 1. The van der Waals surface area contributed by atoms with Gasteiger partial charge in [-0.05, 0) is 18.8 Å². The van der Waals surface area contributed by atoms with E-state index in [9.17, 15) is 4.79 Å². The van der Waals surface area contributed by atoms with E-state index in [-0.39, 0.29) is 11.4 Å². The summed E-state index contributed by atoms with van der Waals surface area (Å²) in [7, 11) is 0. The van der Waals surface area contributed by atoms with Crippen LogP contribution in [0.1, 0.15) is 45.4 Å². The quantitative estimate of drug-likeness (QED) is 0.707. The molecule has 0 spiro atoms. The first-order valence-electron chi connectivity index (χ1n) is 6.09. The predicted octanol–water partition coefficient (Wildman–Crippen LogP) is 1.42. The second-order valence-corrected chi connectivity index (χ2v) is 4.76. The van der Waals surface area contributed by atoms with Crippen LogP contribution in [0.15, 0.2) is 0 Å². The average molecular weight is 222 g/mol. The monoisotopic (exact) mass is 222 g/mol. The largest absolute Gasteiger partial charge is 0.349 e. The summed E-state index contributed by atoms with van der Waals surface area (Å²) in [6, 6.07) is 0. The standard InChI is InChI=1S/C13H22N2O/c1-3-4-8-12(16)15-13(10-14)9-6-5-7-11(13)2/h1,11H,4-10,14H2,2H3,(H,15,16). The van der Waals surface area contributed by atoms with Crippen molar-refractivity contribution in [3.8, 4) is 12.3 Å². The molecule has 90 valence electrons. The maximum Gasteiger partial charge on any atom is 0.221 e. The number of hydrogen-bond acceptors (Lipinski definition) is 2. The second kappa shape index (κ2) is 5.91. The summed E-state index contributed by atoms with van der Waals surface area (Å²) < 4.78 is 0. The minimum absolute atomic E-state index is 0.0390. The molecule has 3 N–H and O–H groups in total. The van der Waals surface area contributed by atoms with Gasteiger partial charge in [0.05, 0.1) is 5.54 Å². The number of nitrogens with one attached hydrogen (secondary N) is 1. The van der Waals surface area contributed by atoms with Gasteiger partial charge < -0.3 is 11.1 Å². The third-order valence-electron chi connectivity index (χ3n) is 3.70. The molecule has 0 heterocycles. The molecule has 1 amide bonds. The molecule has 3 nitrogen and oxygen atoms in total. The van der Waals surface area contributed by atoms with Crippen LogP contribution in [0.25, 0.3) is 0 Å². The van der Waals surface area contributed by atoms with E-state index in [2.05, 4.69) is 18.2 Å².